The van der Waals surface area contributed by atoms with Gasteiger partial charge in [-0.05, 0) is 55.8 Å². The van der Waals surface area contributed by atoms with Gasteiger partial charge in [0.05, 0.1) is 31.0 Å². The highest BCUT2D eigenvalue weighted by Crippen LogP contribution is 2.27. The van der Waals surface area contributed by atoms with E-state index in [0.717, 1.165) is 36.5 Å². The second-order valence-corrected chi connectivity index (χ2v) is 9.18. The van der Waals surface area contributed by atoms with Crippen LogP contribution in [-0.4, -0.2) is 41.2 Å². The molecule has 168 valence electrons. The van der Waals surface area contributed by atoms with Gasteiger partial charge in [0.2, 0.25) is 5.91 Å². The molecule has 1 atom stereocenters. The fourth-order valence-corrected chi connectivity index (χ4v) is 4.89. The summed E-state index contributed by atoms with van der Waals surface area (Å²) in [5, 5.41) is 14.8. The van der Waals surface area contributed by atoms with Gasteiger partial charge in [0, 0.05) is 30.3 Å². The third kappa shape index (κ3) is 5.13. The zero-order valence-electron chi connectivity index (χ0n) is 18.5. The summed E-state index contributed by atoms with van der Waals surface area (Å²) in [6.07, 6.45) is 3.86. The van der Waals surface area contributed by atoms with Crippen LogP contribution in [0.5, 0.6) is 0 Å². The molecule has 1 amide bonds. The predicted octanol–water partition coefficient (Wildman–Crippen LogP) is 4.30. The second kappa shape index (κ2) is 10.2. The maximum absolute atomic E-state index is 13.1. The van der Waals surface area contributed by atoms with Crippen molar-refractivity contribution in [1.29, 1.82) is 5.26 Å². The molecule has 0 bridgehead atoms. The lowest BCUT2D eigenvalue weighted by Crippen LogP contribution is -2.38. The Bertz CT molecular complexity index is 1070. The number of aromatic nitrogens is 1. The monoisotopic (exact) mass is 452 g/mol. The van der Waals surface area contributed by atoms with Crippen molar-refractivity contribution in [2.24, 2.45) is 0 Å². The van der Waals surface area contributed by atoms with E-state index < -0.39 is 0 Å². The topological polar surface area (TPSA) is 83.4 Å². The van der Waals surface area contributed by atoms with Crippen molar-refractivity contribution in [3.05, 3.63) is 63.4 Å². The number of rotatable bonds is 9. The molecule has 0 unspecified atom stereocenters. The van der Waals surface area contributed by atoms with Gasteiger partial charge in [0.15, 0.2) is 0 Å². The molecule has 1 aliphatic heterocycles. The summed E-state index contributed by atoms with van der Waals surface area (Å²) in [5.74, 6) is 1.15. The number of hydrogen-bond donors (Lipinski definition) is 1. The minimum Gasteiger partial charge on any atom is -0.467 e. The number of furan rings is 1. The lowest BCUT2D eigenvalue weighted by molar-refractivity contribution is -0.117. The van der Waals surface area contributed by atoms with Crippen LogP contribution in [0.4, 0.5) is 5.82 Å². The Labute approximate surface area is 192 Å². The second-order valence-electron chi connectivity index (χ2n) is 8.14. The molecule has 1 N–H and O–H groups in total. The summed E-state index contributed by atoms with van der Waals surface area (Å²) in [5.41, 5.74) is 2.29. The Balaban J connectivity index is 1.52. The smallest absolute Gasteiger partial charge is 0.239 e. The number of anilines is 1. The van der Waals surface area contributed by atoms with E-state index in [1.807, 2.05) is 42.0 Å². The summed E-state index contributed by atoms with van der Waals surface area (Å²) in [6.45, 7) is 6.73. The molecule has 1 fully saturated rings. The molecule has 3 aromatic heterocycles. The number of carbonyl (C=O) groups excluding carboxylic acids is 1. The van der Waals surface area contributed by atoms with E-state index in [-0.39, 0.29) is 18.6 Å². The number of hydrogen-bond acceptors (Lipinski definition) is 6. The van der Waals surface area contributed by atoms with Gasteiger partial charge in [-0.15, -0.1) is 11.3 Å². The van der Waals surface area contributed by atoms with Crippen LogP contribution >= 0.6 is 11.3 Å². The summed E-state index contributed by atoms with van der Waals surface area (Å²) in [7, 11) is 0. The van der Waals surface area contributed by atoms with Crippen LogP contribution < -0.4 is 5.32 Å². The van der Waals surface area contributed by atoms with Crippen molar-refractivity contribution in [3.8, 4) is 6.07 Å². The number of amides is 1. The molecule has 0 spiro atoms. The Hall–Kier alpha value is -2.86. The molecule has 7 nitrogen and oxygen atoms in total. The van der Waals surface area contributed by atoms with Crippen LogP contribution in [0.3, 0.4) is 0 Å². The van der Waals surface area contributed by atoms with Crippen LogP contribution in [0.15, 0.2) is 40.3 Å². The van der Waals surface area contributed by atoms with Crippen molar-refractivity contribution < 1.29 is 13.9 Å². The highest BCUT2D eigenvalue weighted by molar-refractivity contribution is 7.09. The maximum atomic E-state index is 13.1. The molecule has 1 saturated heterocycles. The van der Waals surface area contributed by atoms with Gasteiger partial charge in [-0.25, -0.2) is 0 Å². The average molecular weight is 453 g/mol. The first-order valence-corrected chi connectivity index (χ1v) is 11.7. The Morgan fingerprint density at radius 2 is 2.25 bits per heavy atom. The third-order valence-electron chi connectivity index (χ3n) is 5.91. The van der Waals surface area contributed by atoms with Crippen molar-refractivity contribution in [2.45, 2.75) is 45.9 Å². The highest BCUT2D eigenvalue weighted by atomic mass is 32.1. The van der Waals surface area contributed by atoms with E-state index in [0.29, 0.717) is 31.0 Å². The molecule has 32 heavy (non-hydrogen) atoms. The number of thiophene rings is 1. The normalized spacial score (nSPS) is 15.9. The number of nitriles is 1. The molecular formula is C24H28N4O3S. The Morgan fingerprint density at radius 1 is 1.38 bits per heavy atom. The van der Waals surface area contributed by atoms with E-state index in [4.69, 9.17) is 9.15 Å². The van der Waals surface area contributed by atoms with Crippen LogP contribution in [-0.2, 0) is 22.6 Å². The van der Waals surface area contributed by atoms with Gasteiger partial charge >= 0.3 is 0 Å². The maximum Gasteiger partial charge on any atom is 0.239 e. The summed E-state index contributed by atoms with van der Waals surface area (Å²) in [6, 6.07) is 10.1. The standard InChI is InChI=1S/C24H28N4O3S/c1-17-18(2)28(14-20-7-4-10-31-20)24(22(17)12-25)26-23(29)16-27(13-19-6-3-9-30-19)15-21-8-5-11-32-21/h4-5,7-8,10-11,19H,3,6,9,13-16H2,1-2H3,(H,26,29)/t19-/m0/s1. The van der Waals surface area contributed by atoms with Gasteiger partial charge in [-0.3, -0.25) is 9.69 Å². The fraction of sp³-hybridized carbons (Fsp3) is 0.417. The minimum absolute atomic E-state index is 0.144. The van der Waals surface area contributed by atoms with Gasteiger partial charge in [0.1, 0.15) is 17.6 Å². The molecule has 4 heterocycles. The van der Waals surface area contributed by atoms with E-state index in [9.17, 15) is 10.1 Å². The SMILES string of the molecule is Cc1c(C#N)c(NC(=O)CN(Cc2cccs2)C[C@@H]2CCCO2)n(Cc2ccco2)c1C. The first kappa shape index (κ1) is 22.3. The third-order valence-corrected chi connectivity index (χ3v) is 6.77. The van der Waals surface area contributed by atoms with E-state index in [1.54, 1.807) is 17.6 Å². The van der Waals surface area contributed by atoms with Crippen LogP contribution in [0.25, 0.3) is 0 Å². The number of ether oxygens (including phenoxy) is 1. The molecule has 4 rings (SSSR count). The lowest BCUT2D eigenvalue weighted by Gasteiger charge is -2.24. The minimum atomic E-state index is -0.144. The lowest BCUT2D eigenvalue weighted by atomic mass is 10.2. The first-order valence-electron chi connectivity index (χ1n) is 10.8. The van der Waals surface area contributed by atoms with Crippen molar-refractivity contribution in [3.63, 3.8) is 0 Å². The average Bonchev–Trinajstić information content (AvgIpc) is 3.56. The number of nitrogens with zero attached hydrogens (tertiary/aromatic N) is 3. The Morgan fingerprint density at radius 3 is 2.91 bits per heavy atom. The number of carbonyl (C=O) groups is 1. The molecule has 3 aromatic rings. The van der Waals surface area contributed by atoms with Gasteiger partial charge in [0.25, 0.3) is 0 Å². The van der Waals surface area contributed by atoms with Crippen LogP contribution in [0.1, 0.15) is 40.3 Å². The van der Waals surface area contributed by atoms with Crippen molar-refractivity contribution in [2.75, 3.05) is 25.0 Å². The van der Waals surface area contributed by atoms with Crippen LogP contribution in [0, 0.1) is 25.2 Å². The molecule has 0 saturated carbocycles. The summed E-state index contributed by atoms with van der Waals surface area (Å²) < 4.78 is 13.2. The van der Waals surface area contributed by atoms with E-state index in [2.05, 4.69) is 22.4 Å². The van der Waals surface area contributed by atoms with Gasteiger partial charge in [-0.2, -0.15) is 5.26 Å². The molecule has 1 aliphatic rings. The Kier molecular flexibility index (Phi) is 7.10. The summed E-state index contributed by atoms with van der Waals surface area (Å²) in [4.78, 5) is 16.5. The first-order chi connectivity index (χ1) is 15.5. The number of nitrogens with one attached hydrogen (secondary N) is 1. The van der Waals surface area contributed by atoms with Crippen LogP contribution in [0.2, 0.25) is 0 Å². The van der Waals surface area contributed by atoms with Crippen molar-refractivity contribution >= 4 is 23.1 Å². The molecule has 0 radical (unpaired) electrons. The molecular weight excluding hydrogens is 424 g/mol. The molecule has 0 aromatic carbocycles. The predicted molar refractivity (Wildman–Crippen MR) is 124 cm³/mol. The quantitative estimate of drug-likeness (QED) is 0.523. The zero-order valence-corrected chi connectivity index (χ0v) is 19.3. The van der Waals surface area contributed by atoms with E-state index in [1.165, 1.54) is 4.88 Å². The fourth-order valence-electron chi connectivity index (χ4n) is 4.15. The summed E-state index contributed by atoms with van der Waals surface area (Å²) >= 11 is 1.68. The van der Waals surface area contributed by atoms with E-state index >= 15 is 0 Å². The van der Waals surface area contributed by atoms with Crippen molar-refractivity contribution in [1.82, 2.24) is 9.47 Å². The molecule has 8 heteroatoms. The molecule has 0 aliphatic carbocycles. The van der Waals surface area contributed by atoms with Gasteiger partial charge < -0.3 is 19.0 Å². The highest BCUT2D eigenvalue weighted by Gasteiger charge is 2.24. The van der Waals surface area contributed by atoms with Gasteiger partial charge in [-0.1, -0.05) is 6.07 Å². The zero-order chi connectivity index (χ0) is 22.5. The largest absolute Gasteiger partial charge is 0.467 e.